The van der Waals surface area contributed by atoms with E-state index in [4.69, 9.17) is 0 Å². The standard InChI is InChI=1S/C64H65N/c1-10-63(11-2)45(3)54(28-21-43-65(52-38-34-48(35-39-52)61(4,5)6)53-40-36-49(37-41-53)62(7,8)9)55-42-32-46(44-59(55)63)31-33-47-22-20-30-58-60(47)56-27-18-19-29-57(56)64(58,50-23-14-12-15-24-50)51-25-16-13-17-26-51/h12-42,44H,10-11,43H2,1-9H3/b28-21-,33-31+. The first-order valence-corrected chi connectivity index (χ1v) is 23.8. The van der Waals surface area contributed by atoms with Crippen molar-refractivity contribution in [3.63, 3.8) is 0 Å². The van der Waals surface area contributed by atoms with Gasteiger partial charge < -0.3 is 4.90 Å². The molecular formula is C64H65N. The molecule has 0 N–H and O–H groups in total. The highest BCUT2D eigenvalue weighted by Crippen LogP contribution is 2.57. The number of fused-ring (bicyclic) bond motifs is 4. The number of rotatable bonds is 11. The predicted molar refractivity (Wildman–Crippen MR) is 280 cm³/mol. The molecule has 0 fully saturated rings. The average Bonchev–Trinajstić information content (AvgIpc) is 3.76. The molecule has 0 heterocycles. The first kappa shape index (κ1) is 43.8. The molecule has 1 heteroatoms. The van der Waals surface area contributed by atoms with Crippen molar-refractivity contribution >= 4 is 29.1 Å². The molecule has 9 rings (SSSR count). The zero-order chi connectivity index (χ0) is 45.6. The van der Waals surface area contributed by atoms with Crippen LogP contribution in [0.25, 0.3) is 28.9 Å². The maximum atomic E-state index is 2.48. The molecule has 0 bridgehead atoms. The van der Waals surface area contributed by atoms with E-state index in [2.05, 4.69) is 261 Å². The molecule has 326 valence electrons. The molecule has 0 spiro atoms. The topological polar surface area (TPSA) is 3.24 Å². The van der Waals surface area contributed by atoms with E-state index in [0.717, 1.165) is 19.4 Å². The molecule has 1 nitrogen and oxygen atoms in total. The molecule has 65 heavy (non-hydrogen) atoms. The Labute approximate surface area is 389 Å². The molecule has 0 amide bonds. The molecule has 0 saturated carbocycles. The number of anilines is 2. The van der Waals surface area contributed by atoms with Gasteiger partial charge in [-0.1, -0.05) is 231 Å². The minimum absolute atomic E-state index is 0.0119. The van der Waals surface area contributed by atoms with Crippen LogP contribution in [0.3, 0.4) is 0 Å². The van der Waals surface area contributed by atoms with Crippen molar-refractivity contribution in [3.05, 3.63) is 243 Å². The summed E-state index contributed by atoms with van der Waals surface area (Å²) in [6.45, 7) is 21.6. The predicted octanol–water partition coefficient (Wildman–Crippen LogP) is 17.1. The summed E-state index contributed by atoms with van der Waals surface area (Å²) in [5, 5.41) is 0. The van der Waals surface area contributed by atoms with Crippen LogP contribution in [0.5, 0.6) is 0 Å². The van der Waals surface area contributed by atoms with E-state index in [1.165, 1.54) is 89.3 Å². The summed E-state index contributed by atoms with van der Waals surface area (Å²) in [6.07, 6.45) is 11.6. The monoisotopic (exact) mass is 848 g/mol. The highest BCUT2D eigenvalue weighted by atomic mass is 15.1. The van der Waals surface area contributed by atoms with E-state index in [9.17, 15) is 0 Å². The maximum absolute atomic E-state index is 2.48. The van der Waals surface area contributed by atoms with E-state index >= 15 is 0 Å². The summed E-state index contributed by atoms with van der Waals surface area (Å²) < 4.78 is 0. The fourth-order valence-corrected chi connectivity index (χ4v) is 11.1. The van der Waals surface area contributed by atoms with Crippen LogP contribution in [0.1, 0.15) is 131 Å². The number of nitrogens with zero attached hydrogens (tertiary/aromatic N) is 1. The summed E-state index contributed by atoms with van der Waals surface area (Å²) in [7, 11) is 0. The van der Waals surface area contributed by atoms with Crippen LogP contribution in [0.4, 0.5) is 11.4 Å². The van der Waals surface area contributed by atoms with E-state index in [1.54, 1.807) is 0 Å². The van der Waals surface area contributed by atoms with Crippen LogP contribution in [-0.2, 0) is 21.7 Å². The lowest BCUT2D eigenvalue weighted by molar-refractivity contribution is 0.477. The minimum Gasteiger partial charge on any atom is -0.338 e. The van der Waals surface area contributed by atoms with E-state index in [0.29, 0.717) is 0 Å². The average molecular weight is 848 g/mol. The van der Waals surface area contributed by atoms with Crippen LogP contribution in [0.15, 0.2) is 188 Å². The van der Waals surface area contributed by atoms with E-state index < -0.39 is 5.41 Å². The van der Waals surface area contributed by atoms with Crippen LogP contribution in [0.2, 0.25) is 0 Å². The van der Waals surface area contributed by atoms with Gasteiger partial charge in [0.25, 0.3) is 0 Å². The summed E-state index contributed by atoms with van der Waals surface area (Å²) >= 11 is 0. The van der Waals surface area contributed by atoms with Crippen molar-refractivity contribution in [2.24, 2.45) is 0 Å². The van der Waals surface area contributed by atoms with Gasteiger partial charge in [-0.05, 0) is 127 Å². The Bertz CT molecular complexity index is 2810. The van der Waals surface area contributed by atoms with Gasteiger partial charge in [0.05, 0.1) is 5.41 Å². The SMILES string of the molecule is CCC1(CC)C(C)=C(/C=C\CN(c2ccc(C(C)(C)C)cc2)c2ccc(C(C)(C)C)cc2)c2ccc(/C=C/c3cccc4c3-c3ccccc3C4(c3ccccc3)c3ccccc3)cc21. The van der Waals surface area contributed by atoms with Crippen LogP contribution >= 0.6 is 0 Å². The number of benzene rings is 7. The minimum atomic E-state index is -0.411. The highest BCUT2D eigenvalue weighted by Gasteiger charge is 2.46. The molecule has 0 unspecified atom stereocenters. The zero-order valence-corrected chi connectivity index (χ0v) is 40.0. The third kappa shape index (κ3) is 7.63. The molecular weight excluding hydrogens is 783 g/mol. The second-order valence-electron chi connectivity index (χ2n) is 20.4. The molecule has 0 saturated heterocycles. The Kier molecular flexibility index (Phi) is 11.6. The fraction of sp³-hybridized carbons (Fsp3) is 0.250. The second kappa shape index (κ2) is 17.2. The lowest BCUT2D eigenvalue weighted by atomic mass is 9.67. The van der Waals surface area contributed by atoms with Gasteiger partial charge >= 0.3 is 0 Å². The Balaban J connectivity index is 1.07. The van der Waals surface area contributed by atoms with Gasteiger partial charge in [0.1, 0.15) is 0 Å². The Morgan fingerprint density at radius 3 is 1.58 bits per heavy atom. The second-order valence-corrected chi connectivity index (χ2v) is 20.4. The van der Waals surface area contributed by atoms with E-state index in [1.807, 2.05) is 0 Å². The molecule has 2 aliphatic rings. The first-order chi connectivity index (χ1) is 31.3. The van der Waals surface area contributed by atoms with Crippen molar-refractivity contribution in [1.29, 1.82) is 0 Å². The molecule has 7 aromatic carbocycles. The van der Waals surface area contributed by atoms with Gasteiger partial charge in [0.15, 0.2) is 0 Å². The fourth-order valence-electron chi connectivity index (χ4n) is 11.1. The highest BCUT2D eigenvalue weighted by molar-refractivity contribution is 5.93. The molecule has 0 aliphatic heterocycles. The van der Waals surface area contributed by atoms with Gasteiger partial charge in [0, 0.05) is 23.3 Å². The van der Waals surface area contributed by atoms with Gasteiger partial charge in [-0.15, -0.1) is 0 Å². The lowest BCUT2D eigenvalue weighted by Gasteiger charge is -2.33. The first-order valence-electron chi connectivity index (χ1n) is 23.8. The summed E-state index contributed by atoms with van der Waals surface area (Å²) in [5.41, 5.74) is 20.9. The lowest BCUT2D eigenvalue weighted by Crippen LogP contribution is -2.28. The molecule has 0 atom stereocenters. The Morgan fingerprint density at radius 1 is 0.492 bits per heavy atom. The quantitative estimate of drug-likeness (QED) is 0.117. The van der Waals surface area contributed by atoms with Crippen LogP contribution in [-0.4, -0.2) is 6.54 Å². The third-order valence-corrected chi connectivity index (χ3v) is 14.8. The largest absolute Gasteiger partial charge is 0.338 e. The zero-order valence-electron chi connectivity index (χ0n) is 40.0. The van der Waals surface area contributed by atoms with Gasteiger partial charge in [-0.25, -0.2) is 0 Å². The van der Waals surface area contributed by atoms with E-state index in [-0.39, 0.29) is 16.2 Å². The van der Waals surface area contributed by atoms with Crippen molar-refractivity contribution in [2.45, 2.75) is 96.8 Å². The normalized spacial score (nSPS) is 15.1. The maximum Gasteiger partial charge on any atom is 0.0713 e. The molecule has 0 radical (unpaired) electrons. The van der Waals surface area contributed by atoms with Crippen molar-refractivity contribution in [2.75, 3.05) is 11.4 Å². The summed E-state index contributed by atoms with van der Waals surface area (Å²) in [4.78, 5) is 2.45. The van der Waals surface area contributed by atoms with Gasteiger partial charge in [-0.2, -0.15) is 0 Å². The van der Waals surface area contributed by atoms with Crippen LogP contribution < -0.4 is 4.90 Å². The Morgan fingerprint density at radius 2 is 1.03 bits per heavy atom. The molecule has 0 aromatic heterocycles. The Hall–Kier alpha value is -6.44. The van der Waals surface area contributed by atoms with Crippen molar-refractivity contribution < 1.29 is 0 Å². The van der Waals surface area contributed by atoms with Gasteiger partial charge in [0.2, 0.25) is 0 Å². The van der Waals surface area contributed by atoms with Crippen molar-refractivity contribution in [3.8, 4) is 11.1 Å². The third-order valence-electron chi connectivity index (χ3n) is 14.8. The van der Waals surface area contributed by atoms with Gasteiger partial charge in [-0.3, -0.25) is 0 Å². The summed E-state index contributed by atoms with van der Waals surface area (Å²) in [6, 6.07) is 63.7. The van der Waals surface area contributed by atoms with Crippen molar-refractivity contribution in [1.82, 2.24) is 0 Å². The number of hydrogen-bond donors (Lipinski definition) is 0. The number of hydrogen-bond acceptors (Lipinski definition) is 1. The van der Waals surface area contributed by atoms with Crippen LogP contribution in [0, 0.1) is 0 Å². The number of allylic oxidation sites excluding steroid dienone is 3. The molecule has 2 aliphatic carbocycles. The molecule has 7 aromatic rings. The smallest absolute Gasteiger partial charge is 0.0713 e. The summed E-state index contributed by atoms with van der Waals surface area (Å²) in [5.74, 6) is 0.